The lowest BCUT2D eigenvalue weighted by Gasteiger charge is -2.13. The van der Waals surface area contributed by atoms with Gasteiger partial charge < -0.3 is 11.1 Å². The van der Waals surface area contributed by atoms with E-state index in [1.54, 1.807) is 0 Å². The molecule has 0 aliphatic carbocycles. The molecule has 0 bridgehead atoms. The molecule has 3 nitrogen and oxygen atoms in total. The van der Waals surface area contributed by atoms with E-state index >= 15 is 0 Å². The van der Waals surface area contributed by atoms with E-state index < -0.39 is 0 Å². The molecular formula is C13H22N2OS. The molecule has 0 aliphatic rings. The molecule has 1 amide bonds. The number of hydrogen-bond donors (Lipinski definition) is 2. The van der Waals surface area contributed by atoms with Gasteiger partial charge in [0.05, 0.1) is 0 Å². The molecule has 1 heterocycles. The van der Waals surface area contributed by atoms with Crippen molar-refractivity contribution in [2.45, 2.75) is 46.1 Å². The first-order valence-corrected chi connectivity index (χ1v) is 6.91. The molecule has 3 N–H and O–H groups in total. The lowest BCUT2D eigenvalue weighted by atomic mass is 10.1. The predicted molar refractivity (Wildman–Crippen MR) is 73.3 cm³/mol. The van der Waals surface area contributed by atoms with Crippen LogP contribution in [0.2, 0.25) is 0 Å². The highest BCUT2D eigenvalue weighted by Crippen LogP contribution is 2.25. The number of rotatable bonds is 7. The fourth-order valence-corrected chi connectivity index (χ4v) is 2.96. The first-order valence-electron chi connectivity index (χ1n) is 6.09. The minimum atomic E-state index is -0.206. The van der Waals surface area contributed by atoms with E-state index in [1.807, 2.05) is 11.3 Å². The van der Waals surface area contributed by atoms with Crippen molar-refractivity contribution >= 4 is 17.2 Å². The Labute approximate surface area is 107 Å². The van der Waals surface area contributed by atoms with E-state index in [4.69, 9.17) is 5.73 Å². The van der Waals surface area contributed by atoms with Gasteiger partial charge >= 0.3 is 0 Å². The Morgan fingerprint density at radius 3 is 2.71 bits per heavy atom. The van der Waals surface area contributed by atoms with Crippen molar-refractivity contribution in [2.75, 3.05) is 6.54 Å². The summed E-state index contributed by atoms with van der Waals surface area (Å²) in [6, 6.07) is 2.63. The Morgan fingerprint density at radius 2 is 2.18 bits per heavy atom. The van der Waals surface area contributed by atoms with Crippen LogP contribution >= 0.6 is 11.3 Å². The van der Waals surface area contributed by atoms with E-state index in [2.05, 4.69) is 32.2 Å². The van der Waals surface area contributed by atoms with E-state index in [1.165, 1.54) is 15.3 Å². The van der Waals surface area contributed by atoms with Gasteiger partial charge in [-0.2, -0.15) is 0 Å². The zero-order chi connectivity index (χ0) is 12.8. The monoisotopic (exact) mass is 254 g/mol. The standard InChI is InChI=1S/C13H22N2OS/c1-9-8-12(11(3)17-9)10(2)15-7-5-4-6-13(14)16/h8,10,15H,4-7H2,1-3H3,(H2,14,16). The smallest absolute Gasteiger partial charge is 0.217 e. The topological polar surface area (TPSA) is 55.1 Å². The van der Waals surface area contributed by atoms with E-state index in [9.17, 15) is 4.79 Å². The molecule has 0 fully saturated rings. The van der Waals surface area contributed by atoms with Gasteiger partial charge in [-0.1, -0.05) is 0 Å². The fraction of sp³-hybridized carbons (Fsp3) is 0.615. The van der Waals surface area contributed by atoms with Crippen molar-refractivity contribution in [3.63, 3.8) is 0 Å². The molecular weight excluding hydrogens is 232 g/mol. The SMILES string of the molecule is Cc1cc(C(C)NCCCCC(N)=O)c(C)s1. The van der Waals surface area contributed by atoms with Crippen molar-refractivity contribution in [1.82, 2.24) is 5.32 Å². The second-order valence-corrected chi connectivity index (χ2v) is 5.93. The molecule has 0 aromatic carbocycles. The van der Waals surface area contributed by atoms with Crippen molar-refractivity contribution < 1.29 is 4.79 Å². The number of nitrogens with two attached hydrogens (primary N) is 1. The predicted octanol–water partition coefficient (Wildman–Crippen LogP) is 2.67. The average Bonchev–Trinajstić information content (AvgIpc) is 2.56. The minimum absolute atomic E-state index is 0.206. The van der Waals surface area contributed by atoms with Crippen LogP contribution in [-0.2, 0) is 4.79 Å². The molecule has 0 radical (unpaired) electrons. The Balaban J connectivity index is 2.28. The van der Waals surface area contributed by atoms with Crippen LogP contribution in [0.15, 0.2) is 6.07 Å². The van der Waals surface area contributed by atoms with Crippen LogP contribution in [0, 0.1) is 13.8 Å². The van der Waals surface area contributed by atoms with Gasteiger partial charge in [-0.25, -0.2) is 0 Å². The summed E-state index contributed by atoms with van der Waals surface area (Å²) in [5.74, 6) is -0.206. The molecule has 0 spiro atoms. The maximum Gasteiger partial charge on any atom is 0.217 e. The minimum Gasteiger partial charge on any atom is -0.370 e. The number of thiophene rings is 1. The summed E-state index contributed by atoms with van der Waals surface area (Å²) in [6.07, 6.45) is 2.36. The van der Waals surface area contributed by atoms with Crippen molar-refractivity contribution in [3.05, 3.63) is 21.4 Å². The van der Waals surface area contributed by atoms with Crippen LogP contribution < -0.4 is 11.1 Å². The summed E-state index contributed by atoms with van der Waals surface area (Å²) >= 11 is 1.84. The van der Waals surface area contributed by atoms with Crippen LogP contribution in [0.1, 0.15) is 47.5 Å². The lowest BCUT2D eigenvalue weighted by Crippen LogP contribution is -2.20. The van der Waals surface area contributed by atoms with Crippen LogP contribution in [0.25, 0.3) is 0 Å². The maximum atomic E-state index is 10.6. The maximum absolute atomic E-state index is 10.6. The normalized spacial score (nSPS) is 12.6. The number of primary amides is 1. The van der Waals surface area contributed by atoms with Crippen LogP contribution in [0.3, 0.4) is 0 Å². The van der Waals surface area contributed by atoms with Crippen molar-refractivity contribution in [3.8, 4) is 0 Å². The number of carbonyl (C=O) groups excluding carboxylic acids is 1. The largest absolute Gasteiger partial charge is 0.370 e. The van der Waals surface area contributed by atoms with Crippen molar-refractivity contribution in [1.29, 1.82) is 0 Å². The molecule has 96 valence electrons. The van der Waals surface area contributed by atoms with Crippen molar-refractivity contribution in [2.24, 2.45) is 5.73 Å². The summed E-state index contributed by atoms with van der Waals surface area (Å²) in [5.41, 5.74) is 6.48. The van der Waals surface area contributed by atoms with Gasteiger partial charge in [0.25, 0.3) is 0 Å². The van der Waals surface area contributed by atoms with Gasteiger partial charge in [0.1, 0.15) is 0 Å². The number of hydrogen-bond acceptors (Lipinski definition) is 3. The van der Waals surface area contributed by atoms with Crippen LogP contribution in [0.4, 0.5) is 0 Å². The Kier molecular flexibility index (Phi) is 5.65. The Bertz CT molecular complexity index is 373. The molecule has 1 rings (SSSR count). The zero-order valence-electron chi connectivity index (χ0n) is 10.9. The molecule has 4 heteroatoms. The summed E-state index contributed by atoms with van der Waals surface area (Å²) in [6.45, 7) is 7.42. The second kappa shape index (κ2) is 6.77. The fourth-order valence-electron chi connectivity index (χ4n) is 1.93. The molecule has 0 saturated carbocycles. The molecule has 0 aliphatic heterocycles. The summed E-state index contributed by atoms with van der Waals surface area (Å²) in [5, 5.41) is 3.48. The highest BCUT2D eigenvalue weighted by molar-refractivity contribution is 7.12. The van der Waals surface area contributed by atoms with E-state index in [-0.39, 0.29) is 5.91 Å². The van der Waals surface area contributed by atoms with E-state index in [0.717, 1.165) is 19.4 Å². The van der Waals surface area contributed by atoms with Gasteiger partial charge in [-0.15, -0.1) is 11.3 Å². The summed E-state index contributed by atoms with van der Waals surface area (Å²) < 4.78 is 0. The molecule has 0 saturated heterocycles. The number of carbonyl (C=O) groups is 1. The number of unbranched alkanes of at least 4 members (excludes halogenated alkanes) is 1. The number of aryl methyl sites for hydroxylation is 2. The average molecular weight is 254 g/mol. The summed E-state index contributed by atoms with van der Waals surface area (Å²) in [4.78, 5) is 13.3. The molecule has 1 aromatic rings. The highest BCUT2D eigenvalue weighted by Gasteiger charge is 2.10. The third kappa shape index (κ3) is 4.88. The Morgan fingerprint density at radius 1 is 1.47 bits per heavy atom. The molecule has 1 atom stereocenters. The molecule has 17 heavy (non-hydrogen) atoms. The lowest BCUT2D eigenvalue weighted by molar-refractivity contribution is -0.118. The highest BCUT2D eigenvalue weighted by atomic mass is 32.1. The van der Waals surface area contributed by atoms with E-state index in [0.29, 0.717) is 12.5 Å². The van der Waals surface area contributed by atoms with Gasteiger partial charge in [0.15, 0.2) is 0 Å². The number of amides is 1. The Hall–Kier alpha value is -0.870. The first kappa shape index (κ1) is 14.2. The molecule has 1 aromatic heterocycles. The van der Waals surface area contributed by atoms with Gasteiger partial charge in [0.2, 0.25) is 5.91 Å². The zero-order valence-corrected chi connectivity index (χ0v) is 11.7. The third-order valence-electron chi connectivity index (χ3n) is 2.85. The third-order valence-corrected chi connectivity index (χ3v) is 3.83. The first-order chi connectivity index (χ1) is 8.00. The van der Waals surface area contributed by atoms with Gasteiger partial charge in [0, 0.05) is 22.2 Å². The number of nitrogens with one attached hydrogen (secondary N) is 1. The van der Waals surface area contributed by atoms with Crippen LogP contribution in [-0.4, -0.2) is 12.5 Å². The molecule has 1 unspecified atom stereocenters. The van der Waals surface area contributed by atoms with Crippen LogP contribution in [0.5, 0.6) is 0 Å². The summed E-state index contributed by atoms with van der Waals surface area (Å²) in [7, 11) is 0. The van der Waals surface area contributed by atoms with Gasteiger partial charge in [-0.05, 0) is 51.8 Å². The van der Waals surface area contributed by atoms with Gasteiger partial charge in [-0.3, -0.25) is 4.79 Å². The second-order valence-electron chi connectivity index (χ2n) is 4.47. The quantitative estimate of drug-likeness (QED) is 0.735.